The van der Waals surface area contributed by atoms with Crippen molar-refractivity contribution in [2.75, 3.05) is 26.6 Å². The highest BCUT2D eigenvalue weighted by molar-refractivity contribution is 4.83. The molecule has 0 unspecified atom stereocenters. The predicted molar refractivity (Wildman–Crippen MR) is 37.3 cm³/mol. The first-order valence-corrected chi connectivity index (χ1v) is 3.18. The zero-order valence-corrected chi connectivity index (χ0v) is 6.12. The van der Waals surface area contributed by atoms with Gasteiger partial charge in [-0.3, -0.25) is 0 Å². The van der Waals surface area contributed by atoms with Gasteiger partial charge < -0.3 is 20.4 Å². The zero-order valence-electron chi connectivity index (χ0n) is 6.12. The molecule has 68 valence electrons. The van der Waals surface area contributed by atoms with Crippen LogP contribution in [0.25, 0.3) is 0 Å². The lowest BCUT2D eigenvalue weighted by Gasteiger charge is -2.28. The number of hydrogen-bond acceptors (Lipinski definition) is 6. The van der Waals surface area contributed by atoms with Gasteiger partial charge >= 0.3 is 0 Å². The highest BCUT2D eigenvalue weighted by Gasteiger charge is 2.26. The summed E-state index contributed by atoms with van der Waals surface area (Å²) >= 11 is 0. The normalized spacial score (nSPS) is 12.0. The van der Waals surface area contributed by atoms with Gasteiger partial charge in [0.1, 0.15) is 12.3 Å². The number of rotatable bonds is 6. The lowest BCUT2D eigenvalue weighted by atomic mass is 10.1. The Labute approximate surface area is 64.4 Å². The van der Waals surface area contributed by atoms with E-state index in [-0.39, 0.29) is 6.73 Å². The Balaban J connectivity index is 3.84. The van der Waals surface area contributed by atoms with Gasteiger partial charge in [0.2, 0.25) is 0 Å². The first-order chi connectivity index (χ1) is 5.24. The fourth-order valence-corrected chi connectivity index (χ4v) is 0.496. The minimum absolute atomic E-state index is 0.345. The minimum atomic E-state index is -1.18. The van der Waals surface area contributed by atoms with Crippen molar-refractivity contribution in [2.45, 2.75) is 5.54 Å². The molecule has 0 rings (SSSR count). The molecule has 0 aromatic carbocycles. The zero-order chi connectivity index (χ0) is 8.74. The third kappa shape index (κ3) is 3.10. The third-order valence-corrected chi connectivity index (χ3v) is 1.34. The van der Waals surface area contributed by atoms with Crippen molar-refractivity contribution < 1.29 is 20.4 Å². The van der Waals surface area contributed by atoms with Gasteiger partial charge in [-0.1, -0.05) is 0 Å². The van der Waals surface area contributed by atoms with Gasteiger partial charge in [-0.05, 0) is 0 Å². The SMILES string of the molecule is OCNNC(CO)(CO)CO. The molecule has 0 aliphatic heterocycles. The lowest BCUT2D eigenvalue weighted by molar-refractivity contribution is 0.0248. The Hall–Kier alpha value is -0.240. The van der Waals surface area contributed by atoms with Crippen LogP contribution >= 0.6 is 0 Å². The summed E-state index contributed by atoms with van der Waals surface area (Å²) in [7, 11) is 0. The molecule has 0 aromatic rings. The maximum absolute atomic E-state index is 8.70. The van der Waals surface area contributed by atoms with E-state index < -0.39 is 25.4 Å². The molecular weight excluding hydrogens is 152 g/mol. The van der Waals surface area contributed by atoms with Crippen LogP contribution < -0.4 is 10.9 Å². The first kappa shape index (κ1) is 10.8. The summed E-state index contributed by atoms with van der Waals surface area (Å²) in [6.07, 6.45) is 0. The summed E-state index contributed by atoms with van der Waals surface area (Å²) in [5.74, 6) is 0. The van der Waals surface area contributed by atoms with E-state index in [0.29, 0.717) is 0 Å². The van der Waals surface area contributed by atoms with Crippen LogP contribution in [-0.4, -0.2) is 52.5 Å². The topological polar surface area (TPSA) is 105 Å². The standard InChI is InChI=1S/C5H14N2O4/c8-1-5(2-9,3-10)7-6-4-11/h6-11H,1-4H2. The smallest absolute Gasteiger partial charge is 0.106 e. The van der Waals surface area contributed by atoms with E-state index >= 15 is 0 Å². The second-order valence-electron chi connectivity index (χ2n) is 2.21. The van der Waals surface area contributed by atoms with Gasteiger partial charge in [0, 0.05) is 0 Å². The third-order valence-electron chi connectivity index (χ3n) is 1.34. The molecular formula is C5H14N2O4. The molecule has 6 N–H and O–H groups in total. The molecule has 0 heterocycles. The molecule has 0 aromatic heterocycles. The largest absolute Gasteiger partial charge is 0.394 e. The second-order valence-corrected chi connectivity index (χ2v) is 2.21. The van der Waals surface area contributed by atoms with Crippen LogP contribution in [0.1, 0.15) is 0 Å². The highest BCUT2D eigenvalue weighted by Crippen LogP contribution is 1.98. The van der Waals surface area contributed by atoms with Crippen LogP contribution in [0, 0.1) is 0 Å². The fourth-order valence-electron chi connectivity index (χ4n) is 0.496. The van der Waals surface area contributed by atoms with E-state index in [1.165, 1.54) is 0 Å². The first-order valence-electron chi connectivity index (χ1n) is 3.18. The molecule has 0 atom stereocenters. The molecule has 6 heteroatoms. The summed E-state index contributed by atoms with van der Waals surface area (Å²) in [6.45, 7) is -1.62. The average molecular weight is 166 g/mol. The maximum atomic E-state index is 8.70. The Morgan fingerprint density at radius 2 is 1.36 bits per heavy atom. The molecule has 11 heavy (non-hydrogen) atoms. The molecule has 0 fully saturated rings. The van der Waals surface area contributed by atoms with Gasteiger partial charge in [0.15, 0.2) is 0 Å². The second kappa shape index (κ2) is 5.42. The Bertz CT molecular complexity index is 88.2. The summed E-state index contributed by atoms with van der Waals surface area (Å²) < 4.78 is 0. The van der Waals surface area contributed by atoms with E-state index in [0.717, 1.165) is 0 Å². The molecule has 0 bridgehead atoms. The molecule has 0 aliphatic rings. The predicted octanol–water partition coefficient (Wildman–Crippen LogP) is -3.25. The highest BCUT2D eigenvalue weighted by atomic mass is 16.3. The Morgan fingerprint density at radius 1 is 0.909 bits per heavy atom. The van der Waals surface area contributed by atoms with E-state index in [9.17, 15) is 0 Å². The van der Waals surface area contributed by atoms with Crippen LogP contribution in [0.5, 0.6) is 0 Å². The van der Waals surface area contributed by atoms with Crippen molar-refractivity contribution in [3.05, 3.63) is 0 Å². The van der Waals surface area contributed by atoms with Crippen molar-refractivity contribution >= 4 is 0 Å². The van der Waals surface area contributed by atoms with Crippen molar-refractivity contribution in [1.82, 2.24) is 10.9 Å². The summed E-state index contributed by atoms with van der Waals surface area (Å²) in [6, 6.07) is 0. The summed E-state index contributed by atoms with van der Waals surface area (Å²) in [5, 5.41) is 34.4. The molecule has 0 radical (unpaired) electrons. The molecule has 0 saturated carbocycles. The van der Waals surface area contributed by atoms with Crippen LogP contribution in [-0.2, 0) is 0 Å². The number of nitrogens with one attached hydrogen (secondary N) is 2. The van der Waals surface area contributed by atoms with E-state index in [1.807, 2.05) is 0 Å². The number of aliphatic hydroxyl groups excluding tert-OH is 4. The Morgan fingerprint density at radius 3 is 1.64 bits per heavy atom. The number of hydrogen-bond donors (Lipinski definition) is 6. The van der Waals surface area contributed by atoms with Crippen molar-refractivity contribution in [3.8, 4) is 0 Å². The fraction of sp³-hybridized carbons (Fsp3) is 1.00. The number of hydrazine groups is 1. The average Bonchev–Trinajstić information content (AvgIpc) is 2.08. The van der Waals surface area contributed by atoms with Crippen LogP contribution in [0.2, 0.25) is 0 Å². The van der Waals surface area contributed by atoms with E-state index in [4.69, 9.17) is 20.4 Å². The van der Waals surface area contributed by atoms with Crippen LogP contribution in [0.4, 0.5) is 0 Å². The van der Waals surface area contributed by atoms with Crippen LogP contribution in [0.15, 0.2) is 0 Å². The molecule has 0 aliphatic carbocycles. The van der Waals surface area contributed by atoms with Gasteiger partial charge in [-0.15, -0.1) is 0 Å². The summed E-state index contributed by atoms with van der Waals surface area (Å²) in [5.41, 5.74) is 3.47. The van der Waals surface area contributed by atoms with E-state index in [1.54, 1.807) is 0 Å². The Kier molecular flexibility index (Phi) is 5.30. The van der Waals surface area contributed by atoms with Crippen molar-refractivity contribution in [3.63, 3.8) is 0 Å². The number of aliphatic hydroxyl groups is 4. The molecule has 0 saturated heterocycles. The summed E-state index contributed by atoms with van der Waals surface area (Å²) in [4.78, 5) is 0. The van der Waals surface area contributed by atoms with Crippen molar-refractivity contribution in [1.29, 1.82) is 0 Å². The van der Waals surface area contributed by atoms with Gasteiger partial charge in [-0.2, -0.15) is 0 Å². The minimum Gasteiger partial charge on any atom is -0.394 e. The van der Waals surface area contributed by atoms with Gasteiger partial charge in [0.05, 0.1) is 19.8 Å². The van der Waals surface area contributed by atoms with Gasteiger partial charge in [-0.25, -0.2) is 10.9 Å². The monoisotopic (exact) mass is 166 g/mol. The maximum Gasteiger partial charge on any atom is 0.106 e. The van der Waals surface area contributed by atoms with E-state index in [2.05, 4.69) is 10.9 Å². The van der Waals surface area contributed by atoms with Crippen LogP contribution in [0.3, 0.4) is 0 Å². The lowest BCUT2D eigenvalue weighted by Crippen LogP contribution is -2.60. The molecule has 6 nitrogen and oxygen atoms in total. The van der Waals surface area contributed by atoms with Crippen molar-refractivity contribution in [2.24, 2.45) is 0 Å². The quantitative estimate of drug-likeness (QED) is 0.183. The molecule has 0 amide bonds. The molecule has 0 spiro atoms. The van der Waals surface area contributed by atoms with Gasteiger partial charge in [0.25, 0.3) is 0 Å².